The molecule has 2 aromatic rings. The van der Waals surface area contributed by atoms with Gasteiger partial charge in [0, 0.05) is 21.8 Å². The number of halogens is 1. The van der Waals surface area contributed by atoms with Crippen LogP contribution < -0.4 is 10.1 Å². The number of rotatable bonds is 5. The molecule has 0 aromatic heterocycles. The van der Waals surface area contributed by atoms with E-state index in [1.54, 1.807) is 42.5 Å². The van der Waals surface area contributed by atoms with Gasteiger partial charge in [-0.3, -0.25) is 4.79 Å². The highest BCUT2D eigenvalue weighted by Crippen LogP contribution is 2.19. The number of carbonyl (C=O) groups excluding carboxylic acids is 2. The third-order valence-electron chi connectivity index (χ3n) is 2.76. The highest BCUT2D eigenvalue weighted by atomic mass is 79.9. The minimum atomic E-state index is -0.469. The number of nitrogens with one attached hydrogen (secondary N) is 1. The maximum Gasteiger partial charge on any atom is 0.343 e. The van der Waals surface area contributed by atoms with Crippen molar-refractivity contribution in [1.82, 2.24) is 0 Å². The Morgan fingerprint density at radius 1 is 1.14 bits per heavy atom. The first-order valence-electron chi connectivity index (χ1n) is 6.45. The first kappa shape index (κ1) is 16.0. The Morgan fingerprint density at radius 2 is 1.91 bits per heavy atom. The molecule has 1 N–H and O–H groups in total. The minimum absolute atomic E-state index is 0.181. The lowest BCUT2D eigenvalue weighted by Crippen LogP contribution is -2.13. The van der Waals surface area contributed by atoms with Gasteiger partial charge in [0.2, 0.25) is 0 Å². The van der Waals surface area contributed by atoms with Crippen LogP contribution in [-0.2, 0) is 9.53 Å². The summed E-state index contributed by atoms with van der Waals surface area (Å²) in [7, 11) is 1.29. The van der Waals surface area contributed by atoms with Crippen molar-refractivity contribution in [3.63, 3.8) is 0 Å². The number of hydrogen-bond acceptors (Lipinski definition) is 4. The topological polar surface area (TPSA) is 64.6 Å². The normalized spacial score (nSPS) is 9.91. The summed E-state index contributed by atoms with van der Waals surface area (Å²) < 4.78 is 10.6. The van der Waals surface area contributed by atoms with Crippen LogP contribution in [0.3, 0.4) is 0 Å². The van der Waals surface area contributed by atoms with Gasteiger partial charge in [0.15, 0.2) is 6.61 Å². The Kier molecular flexibility index (Phi) is 5.55. The van der Waals surface area contributed by atoms with Crippen LogP contribution in [-0.4, -0.2) is 25.6 Å². The number of benzene rings is 2. The summed E-state index contributed by atoms with van der Waals surface area (Å²) in [6, 6.07) is 13.9. The van der Waals surface area contributed by atoms with Crippen molar-refractivity contribution in [2.75, 3.05) is 19.0 Å². The SMILES string of the molecule is COC(=O)COc1cccc(NC(=O)c2cccc(Br)c2)c1. The van der Waals surface area contributed by atoms with Gasteiger partial charge in [-0.1, -0.05) is 28.1 Å². The molecule has 1 amide bonds. The second-order valence-corrected chi connectivity index (χ2v) is 5.27. The molecule has 0 saturated carbocycles. The van der Waals surface area contributed by atoms with Gasteiger partial charge in [-0.25, -0.2) is 4.79 Å². The van der Waals surface area contributed by atoms with Crippen LogP contribution in [0.5, 0.6) is 5.75 Å². The van der Waals surface area contributed by atoms with Crippen molar-refractivity contribution >= 4 is 33.5 Å². The van der Waals surface area contributed by atoms with Crippen LogP contribution in [0.25, 0.3) is 0 Å². The molecule has 0 bridgehead atoms. The van der Waals surface area contributed by atoms with Crippen molar-refractivity contribution in [1.29, 1.82) is 0 Å². The average Bonchev–Trinajstić information content (AvgIpc) is 2.53. The second kappa shape index (κ2) is 7.61. The van der Waals surface area contributed by atoms with E-state index >= 15 is 0 Å². The average molecular weight is 364 g/mol. The summed E-state index contributed by atoms with van der Waals surface area (Å²) in [5.41, 5.74) is 1.11. The molecule has 0 fully saturated rings. The lowest BCUT2D eigenvalue weighted by Gasteiger charge is -2.09. The van der Waals surface area contributed by atoms with Gasteiger partial charge in [-0.05, 0) is 30.3 Å². The quantitative estimate of drug-likeness (QED) is 0.828. The fourth-order valence-corrected chi connectivity index (χ4v) is 2.10. The molecule has 0 radical (unpaired) electrons. The van der Waals surface area contributed by atoms with Gasteiger partial charge in [0.25, 0.3) is 5.91 Å². The smallest absolute Gasteiger partial charge is 0.343 e. The minimum Gasteiger partial charge on any atom is -0.482 e. The number of esters is 1. The number of anilines is 1. The first-order valence-corrected chi connectivity index (χ1v) is 7.24. The predicted molar refractivity (Wildman–Crippen MR) is 86.0 cm³/mol. The molecule has 0 aliphatic heterocycles. The molecule has 6 heteroatoms. The molecule has 5 nitrogen and oxygen atoms in total. The summed E-state index contributed by atoms with van der Waals surface area (Å²) in [5.74, 6) is -0.229. The molecule has 2 rings (SSSR count). The van der Waals surface area contributed by atoms with E-state index in [0.717, 1.165) is 4.47 Å². The fraction of sp³-hybridized carbons (Fsp3) is 0.125. The van der Waals surface area contributed by atoms with Gasteiger partial charge in [0.1, 0.15) is 5.75 Å². The van der Waals surface area contributed by atoms with E-state index in [1.807, 2.05) is 6.07 Å². The summed E-state index contributed by atoms with van der Waals surface area (Å²) in [6.07, 6.45) is 0. The number of hydrogen-bond donors (Lipinski definition) is 1. The number of amides is 1. The maximum atomic E-state index is 12.1. The van der Waals surface area contributed by atoms with Crippen LogP contribution in [0, 0.1) is 0 Å². The van der Waals surface area contributed by atoms with E-state index in [2.05, 4.69) is 26.0 Å². The molecule has 0 atom stereocenters. The van der Waals surface area contributed by atoms with Crippen LogP contribution >= 0.6 is 15.9 Å². The Bertz CT molecular complexity index is 687. The first-order chi connectivity index (χ1) is 10.6. The molecular formula is C16H14BrNO4. The van der Waals surface area contributed by atoms with Gasteiger partial charge in [0.05, 0.1) is 7.11 Å². The van der Waals surface area contributed by atoms with E-state index in [4.69, 9.17) is 4.74 Å². The molecule has 0 aliphatic rings. The van der Waals surface area contributed by atoms with Crippen molar-refractivity contribution in [2.24, 2.45) is 0 Å². The van der Waals surface area contributed by atoms with Crippen LogP contribution in [0.4, 0.5) is 5.69 Å². The van der Waals surface area contributed by atoms with Gasteiger partial charge >= 0.3 is 5.97 Å². The standard InChI is InChI=1S/C16H14BrNO4/c1-21-15(19)10-22-14-7-3-6-13(9-14)18-16(20)11-4-2-5-12(17)8-11/h2-9H,10H2,1H3,(H,18,20). The van der Waals surface area contributed by atoms with E-state index in [0.29, 0.717) is 17.0 Å². The molecule has 2 aromatic carbocycles. The molecule has 22 heavy (non-hydrogen) atoms. The van der Waals surface area contributed by atoms with E-state index in [9.17, 15) is 9.59 Å². The Hall–Kier alpha value is -2.34. The number of ether oxygens (including phenoxy) is 2. The van der Waals surface area contributed by atoms with E-state index in [-0.39, 0.29) is 12.5 Å². The van der Waals surface area contributed by atoms with Gasteiger partial charge in [-0.15, -0.1) is 0 Å². The van der Waals surface area contributed by atoms with Gasteiger partial charge in [-0.2, -0.15) is 0 Å². The highest BCUT2D eigenvalue weighted by Gasteiger charge is 2.07. The summed E-state index contributed by atoms with van der Waals surface area (Å²) >= 11 is 3.32. The summed E-state index contributed by atoms with van der Waals surface area (Å²) in [6.45, 7) is -0.181. The largest absolute Gasteiger partial charge is 0.482 e. The van der Waals surface area contributed by atoms with Crippen molar-refractivity contribution in [2.45, 2.75) is 0 Å². The molecule has 0 heterocycles. The van der Waals surface area contributed by atoms with Crippen molar-refractivity contribution in [3.8, 4) is 5.75 Å². The van der Waals surface area contributed by atoms with Crippen LogP contribution in [0.1, 0.15) is 10.4 Å². The Morgan fingerprint density at radius 3 is 2.64 bits per heavy atom. The zero-order chi connectivity index (χ0) is 15.9. The van der Waals surface area contributed by atoms with Crippen LogP contribution in [0.15, 0.2) is 53.0 Å². The fourth-order valence-electron chi connectivity index (χ4n) is 1.70. The molecule has 0 unspecified atom stereocenters. The molecular weight excluding hydrogens is 350 g/mol. The lowest BCUT2D eigenvalue weighted by molar-refractivity contribution is -0.142. The highest BCUT2D eigenvalue weighted by molar-refractivity contribution is 9.10. The molecule has 0 spiro atoms. The van der Waals surface area contributed by atoms with Gasteiger partial charge < -0.3 is 14.8 Å². The summed E-state index contributed by atoms with van der Waals surface area (Å²) in [4.78, 5) is 23.2. The molecule has 0 aliphatic carbocycles. The molecule has 114 valence electrons. The van der Waals surface area contributed by atoms with E-state index < -0.39 is 5.97 Å². The predicted octanol–water partition coefficient (Wildman–Crippen LogP) is 3.25. The zero-order valence-electron chi connectivity index (χ0n) is 11.8. The van der Waals surface area contributed by atoms with Crippen molar-refractivity contribution in [3.05, 3.63) is 58.6 Å². The zero-order valence-corrected chi connectivity index (χ0v) is 13.4. The maximum absolute atomic E-state index is 12.1. The third-order valence-corrected chi connectivity index (χ3v) is 3.26. The number of methoxy groups -OCH3 is 1. The van der Waals surface area contributed by atoms with Crippen LogP contribution in [0.2, 0.25) is 0 Å². The van der Waals surface area contributed by atoms with Crippen molar-refractivity contribution < 1.29 is 19.1 Å². The summed E-state index contributed by atoms with van der Waals surface area (Å²) in [5, 5.41) is 2.77. The lowest BCUT2D eigenvalue weighted by atomic mass is 10.2. The molecule has 0 saturated heterocycles. The Labute approximate surface area is 136 Å². The monoisotopic (exact) mass is 363 g/mol. The second-order valence-electron chi connectivity index (χ2n) is 4.36. The van der Waals surface area contributed by atoms with E-state index in [1.165, 1.54) is 7.11 Å². The third kappa shape index (κ3) is 4.60. The number of carbonyl (C=O) groups is 2. The Balaban J connectivity index is 2.03.